The number of para-hydroxylation sites is 1. The van der Waals surface area contributed by atoms with Gasteiger partial charge in [0.05, 0.1) is 5.52 Å². The standard InChI is InChI=1S/C16H20FN3O2S/c1-11-6-12-4-3-5-15(16(12)19-8-11)23(21,22)20-10-13(17)7-14(20)9-18-2/h3-6,8,13-14,18H,7,9-10H2,1-2H3/t13-,14-/m0/s1. The Morgan fingerprint density at radius 1 is 1.43 bits per heavy atom. The normalized spacial score (nSPS) is 22.7. The van der Waals surface area contributed by atoms with Crippen LogP contribution in [0.25, 0.3) is 10.9 Å². The van der Waals surface area contributed by atoms with Gasteiger partial charge in [-0.1, -0.05) is 12.1 Å². The van der Waals surface area contributed by atoms with E-state index in [9.17, 15) is 12.8 Å². The van der Waals surface area contributed by atoms with Gasteiger partial charge in [0.2, 0.25) is 10.0 Å². The third kappa shape index (κ3) is 2.96. The van der Waals surface area contributed by atoms with Crippen molar-refractivity contribution in [1.29, 1.82) is 0 Å². The van der Waals surface area contributed by atoms with Crippen molar-refractivity contribution in [3.8, 4) is 0 Å². The molecular weight excluding hydrogens is 317 g/mol. The van der Waals surface area contributed by atoms with E-state index in [1.54, 1.807) is 25.4 Å². The summed E-state index contributed by atoms with van der Waals surface area (Å²) in [7, 11) is -2.06. The Balaban J connectivity index is 2.09. The topological polar surface area (TPSA) is 62.3 Å². The van der Waals surface area contributed by atoms with E-state index in [0.29, 0.717) is 12.1 Å². The molecule has 3 rings (SSSR count). The molecule has 5 nitrogen and oxygen atoms in total. The first-order valence-corrected chi connectivity index (χ1v) is 9.03. The molecule has 0 unspecified atom stereocenters. The highest BCUT2D eigenvalue weighted by atomic mass is 32.2. The maximum absolute atomic E-state index is 13.8. The van der Waals surface area contributed by atoms with Gasteiger partial charge in [-0.15, -0.1) is 0 Å². The summed E-state index contributed by atoms with van der Waals surface area (Å²) >= 11 is 0. The number of likely N-dealkylation sites (N-methyl/N-ethyl adjacent to an activating group) is 1. The number of aromatic nitrogens is 1. The SMILES string of the molecule is CNC[C@@H]1C[C@H](F)CN1S(=O)(=O)c1cccc2cc(C)cnc12. The van der Waals surface area contributed by atoms with Gasteiger partial charge in [0, 0.05) is 30.7 Å². The molecule has 2 heterocycles. The van der Waals surface area contributed by atoms with Gasteiger partial charge < -0.3 is 5.32 Å². The van der Waals surface area contributed by atoms with Crippen molar-refractivity contribution in [2.75, 3.05) is 20.1 Å². The minimum absolute atomic E-state index is 0.100. The monoisotopic (exact) mass is 337 g/mol. The quantitative estimate of drug-likeness (QED) is 0.925. The largest absolute Gasteiger partial charge is 0.318 e. The van der Waals surface area contributed by atoms with Crippen LogP contribution in [0.4, 0.5) is 4.39 Å². The van der Waals surface area contributed by atoms with Crippen molar-refractivity contribution in [1.82, 2.24) is 14.6 Å². The van der Waals surface area contributed by atoms with Gasteiger partial charge in [-0.25, -0.2) is 12.8 Å². The number of nitrogens with one attached hydrogen (secondary N) is 1. The van der Waals surface area contributed by atoms with Crippen LogP contribution >= 0.6 is 0 Å². The Bertz CT molecular complexity index is 825. The number of alkyl halides is 1. The Labute approximate surface area is 135 Å². The number of rotatable bonds is 4. The number of fused-ring (bicyclic) bond motifs is 1. The van der Waals surface area contributed by atoms with Crippen LogP contribution in [0.1, 0.15) is 12.0 Å². The number of benzene rings is 1. The van der Waals surface area contributed by atoms with Crippen LogP contribution in [0.3, 0.4) is 0 Å². The van der Waals surface area contributed by atoms with E-state index < -0.39 is 16.2 Å². The Hall–Kier alpha value is -1.57. The highest BCUT2D eigenvalue weighted by Gasteiger charge is 2.40. The van der Waals surface area contributed by atoms with Gasteiger partial charge in [0.1, 0.15) is 11.1 Å². The zero-order chi connectivity index (χ0) is 16.6. The lowest BCUT2D eigenvalue weighted by Gasteiger charge is -2.24. The molecule has 7 heteroatoms. The second-order valence-corrected chi connectivity index (χ2v) is 7.82. The van der Waals surface area contributed by atoms with Gasteiger partial charge in [0.15, 0.2) is 0 Å². The third-order valence-corrected chi connectivity index (χ3v) is 6.10. The molecule has 1 N–H and O–H groups in total. The zero-order valence-corrected chi connectivity index (χ0v) is 14.0. The van der Waals surface area contributed by atoms with Crippen LogP contribution in [0.15, 0.2) is 35.4 Å². The summed E-state index contributed by atoms with van der Waals surface area (Å²) in [6, 6.07) is 6.60. The van der Waals surface area contributed by atoms with Crippen LogP contribution < -0.4 is 5.32 Å². The molecule has 23 heavy (non-hydrogen) atoms. The minimum atomic E-state index is -3.79. The van der Waals surface area contributed by atoms with Crippen molar-refractivity contribution >= 4 is 20.9 Å². The molecule has 2 aromatic rings. The first-order valence-electron chi connectivity index (χ1n) is 7.59. The summed E-state index contributed by atoms with van der Waals surface area (Å²) in [5.41, 5.74) is 1.40. The molecule has 2 atom stereocenters. The van der Waals surface area contributed by atoms with Crippen molar-refractivity contribution in [3.05, 3.63) is 36.0 Å². The lowest BCUT2D eigenvalue weighted by molar-refractivity contribution is 0.342. The molecule has 0 bridgehead atoms. The van der Waals surface area contributed by atoms with Gasteiger partial charge in [-0.05, 0) is 38.1 Å². The summed E-state index contributed by atoms with van der Waals surface area (Å²) in [4.78, 5) is 4.44. The second kappa shape index (κ2) is 6.14. The van der Waals surface area contributed by atoms with Crippen molar-refractivity contribution < 1.29 is 12.8 Å². The molecule has 1 saturated heterocycles. The molecule has 0 radical (unpaired) electrons. The van der Waals surface area contributed by atoms with E-state index in [0.717, 1.165) is 10.9 Å². The minimum Gasteiger partial charge on any atom is -0.318 e. The van der Waals surface area contributed by atoms with Crippen LogP contribution in [0.5, 0.6) is 0 Å². The van der Waals surface area contributed by atoms with E-state index in [-0.39, 0.29) is 23.9 Å². The molecule has 1 aliphatic rings. The Kier molecular flexibility index (Phi) is 4.35. The van der Waals surface area contributed by atoms with Crippen molar-refractivity contribution in [3.63, 3.8) is 0 Å². The lowest BCUT2D eigenvalue weighted by atomic mass is 10.2. The van der Waals surface area contributed by atoms with Gasteiger partial charge in [0.25, 0.3) is 0 Å². The van der Waals surface area contributed by atoms with Crippen LogP contribution in [-0.2, 0) is 10.0 Å². The summed E-state index contributed by atoms with van der Waals surface area (Å²) < 4.78 is 41.2. The molecule has 1 aromatic heterocycles. The molecule has 0 saturated carbocycles. The fourth-order valence-corrected chi connectivity index (χ4v) is 4.95. The predicted molar refractivity (Wildman–Crippen MR) is 87.6 cm³/mol. The maximum atomic E-state index is 13.8. The van der Waals surface area contributed by atoms with E-state index in [4.69, 9.17) is 0 Å². The fourth-order valence-electron chi connectivity index (χ4n) is 3.12. The van der Waals surface area contributed by atoms with Gasteiger partial charge in [-0.3, -0.25) is 4.98 Å². The highest BCUT2D eigenvalue weighted by molar-refractivity contribution is 7.89. The van der Waals surface area contributed by atoms with Gasteiger partial charge in [-0.2, -0.15) is 4.31 Å². The summed E-state index contributed by atoms with van der Waals surface area (Å²) in [5, 5.41) is 3.71. The number of nitrogens with zero attached hydrogens (tertiary/aromatic N) is 2. The first kappa shape index (κ1) is 16.3. The molecule has 1 aromatic carbocycles. The number of sulfonamides is 1. The van der Waals surface area contributed by atoms with Crippen LogP contribution in [-0.4, -0.2) is 50.1 Å². The van der Waals surface area contributed by atoms with E-state index in [2.05, 4.69) is 10.3 Å². The first-order chi connectivity index (χ1) is 10.9. The summed E-state index contributed by atoms with van der Waals surface area (Å²) in [6.45, 7) is 2.23. The third-order valence-electron chi connectivity index (χ3n) is 4.15. The molecule has 1 aliphatic heterocycles. The number of hydrogen-bond acceptors (Lipinski definition) is 4. The van der Waals surface area contributed by atoms with Crippen molar-refractivity contribution in [2.24, 2.45) is 0 Å². The average molecular weight is 337 g/mol. The summed E-state index contributed by atoms with van der Waals surface area (Å²) in [5.74, 6) is 0. The maximum Gasteiger partial charge on any atom is 0.245 e. The molecule has 1 fully saturated rings. The fraction of sp³-hybridized carbons (Fsp3) is 0.438. The zero-order valence-electron chi connectivity index (χ0n) is 13.2. The molecule has 0 spiro atoms. The molecular formula is C16H20FN3O2S. The van der Waals surface area contributed by atoms with E-state index in [1.165, 1.54) is 4.31 Å². The van der Waals surface area contributed by atoms with E-state index >= 15 is 0 Å². The number of aryl methyl sites for hydroxylation is 1. The Morgan fingerprint density at radius 2 is 2.22 bits per heavy atom. The number of hydrogen-bond donors (Lipinski definition) is 1. The smallest absolute Gasteiger partial charge is 0.245 e. The predicted octanol–water partition coefficient (Wildman–Crippen LogP) is 1.86. The van der Waals surface area contributed by atoms with Crippen LogP contribution in [0, 0.1) is 6.92 Å². The van der Waals surface area contributed by atoms with Gasteiger partial charge >= 0.3 is 0 Å². The summed E-state index contributed by atoms with van der Waals surface area (Å²) in [6.07, 6.45) is 0.736. The Morgan fingerprint density at radius 3 is 2.96 bits per heavy atom. The molecule has 0 aliphatic carbocycles. The van der Waals surface area contributed by atoms with E-state index in [1.807, 2.05) is 19.1 Å². The van der Waals surface area contributed by atoms with Crippen molar-refractivity contribution in [2.45, 2.75) is 30.5 Å². The highest BCUT2D eigenvalue weighted by Crippen LogP contribution is 2.30. The molecule has 0 amide bonds. The lowest BCUT2D eigenvalue weighted by Crippen LogP contribution is -2.41. The molecule has 124 valence electrons. The number of pyridine rings is 1. The number of halogens is 1. The average Bonchev–Trinajstić information content (AvgIpc) is 2.88. The van der Waals surface area contributed by atoms with Crippen LogP contribution in [0.2, 0.25) is 0 Å². The second-order valence-electron chi connectivity index (χ2n) is 5.96.